The second kappa shape index (κ2) is 6.09. The van der Waals surface area contributed by atoms with Crippen molar-refractivity contribution in [1.82, 2.24) is 10.3 Å². The van der Waals surface area contributed by atoms with E-state index in [0.29, 0.717) is 13.0 Å². The average molecular weight is 273 g/mol. The van der Waals surface area contributed by atoms with Gasteiger partial charge in [-0.25, -0.2) is 0 Å². The maximum absolute atomic E-state index is 11.7. The van der Waals surface area contributed by atoms with E-state index in [-0.39, 0.29) is 11.4 Å². The highest BCUT2D eigenvalue weighted by molar-refractivity contribution is 5.83. The number of benzene rings is 1. The molecule has 1 aromatic carbocycles. The molecule has 4 heteroatoms. The zero-order chi connectivity index (χ0) is 14.6. The summed E-state index contributed by atoms with van der Waals surface area (Å²) in [6.07, 6.45) is 4.32. The molecule has 2 aromatic rings. The van der Waals surface area contributed by atoms with Gasteiger partial charge in [0.05, 0.1) is 0 Å². The second-order valence-corrected chi connectivity index (χ2v) is 5.98. The summed E-state index contributed by atoms with van der Waals surface area (Å²) >= 11 is 0. The summed E-state index contributed by atoms with van der Waals surface area (Å²) in [5.41, 5.74) is 7.90. The SMILES string of the molecule is CC(C)(N)CNC(=O)CCCc1c[nH]c2ccccc12. The lowest BCUT2D eigenvalue weighted by Gasteiger charge is -2.18. The van der Waals surface area contributed by atoms with Crippen molar-refractivity contribution in [3.8, 4) is 0 Å². The van der Waals surface area contributed by atoms with Crippen LogP contribution in [-0.2, 0) is 11.2 Å². The number of amides is 1. The van der Waals surface area contributed by atoms with E-state index in [0.717, 1.165) is 18.4 Å². The number of rotatable bonds is 6. The Morgan fingerprint density at radius 2 is 2.10 bits per heavy atom. The molecule has 4 N–H and O–H groups in total. The van der Waals surface area contributed by atoms with Crippen LogP contribution in [0, 0.1) is 0 Å². The molecule has 2 rings (SSSR count). The van der Waals surface area contributed by atoms with Gasteiger partial charge in [-0.1, -0.05) is 18.2 Å². The zero-order valence-corrected chi connectivity index (χ0v) is 12.2. The van der Waals surface area contributed by atoms with E-state index in [4.69, 9.17) is 5.73 Å². The Hall–Kier alpha value is -1.81. The number of fused-ring (bicyclic) bond motifs is 1. The van der Waals surface area contributed by atoms with Crippen LogP contribution in [0.2, 0.25) is 0 Å². The number of carbonyl (C=O) groups excluding carboxylic acids is 1. The molecule has 20 heavy (non-hydrogen) atoms. The molecule has 0 aliphatic heterocycles. The van der Waals surface area contributed by atoms with Gasteiger partial charge in [0.2, 0.25) is 5.91 Å². The van der Waals surface area contributed by atoms with Gasteiger partial charge in [-0.05, 0) is 38.3 Å². The Morgan fingerprint density at radius 1 is 1.35 bits per heavy atom. The molecule has 1 heterocycles. The van der Waals surface area contributed by atoms with Crippen molar-refractivity contribution < 1.29 is 4.79 Å². The molecule has 0 atom stereocenters. The Balaban J connectivity index is 1.80. The maximum Gasteiger partial charge on any atom is 0.220 e. The third-order valence-corrected chi connectivity index (χ3v) is 3.27. The van der Waals surface area contributed by atoms with Crippen molar-refractivity contribution >= 4 is 16.8 Å². The zero-order valence-electron chi connectivity index (χ0n) is 12.2. The molecule has 0 saturated heterocycles. The molecular formula is C16H23N3O. The van der Waals surface area contributed by atoms with Gasteiger partial charge in [-0.15, -0.1) is 0 Å². The van der Waals surface area contributed by atoms with Crippen molar-refractivity contribution in [2.24, 2.45) is 5.73 Å². The van der Waals surface area contributed by atoms with E-state index in [1.807, 2.05) is 32.2 Å². The van der Waals surface area contributed by atoms with Crippen molar-refractivity contribution in [2.45, 2.75) is 38.6 Å². The third-order valence-electron chi connectivity index (χ3n) is 3.27. The summed E-state index contributed by atoms with van der Waals surface area (Å²) in [7, 11) is 0. The molecule has 108 valence electrons. The maximum atomic E-state index is 11.7. The summed E-state index contributed by atoms with van der Waals surface area (Å²) in [5, 5.41) is 4.11. The molecule has 0 aliphatic rings. The Morgan fingerprint density at radius 3 is 2.85 bits per heavy atom. The Bertz CT molecular complexity index is 581. The molecule has 0 unspecified atom stereocenters. The monoisotopic (exact) mass is 273 g/mol. The predicted molar refractivity (Wildman–Crippen MR) is 82.5 cm³/mol. The number of nitrogens with two attached hydrogens (primary N) is 1. The first-order valence-corrected chi connectivity index (χ1v) is 7.06. The molecule has 1 aromatic heterocycles. The van der Waals surface area contributed by atoms with Gasteiger partial charge in [-0.3, -0.25) is 4.79 Å². The van der Waals surface area contributed by atoms with E-state index < -0.39 is 0 Å². The number of nitrogens with one attached hydrogen (secondary N) is 2. The fraction of sp³-hybridized carbons (Fsp3) is 0.438. The smallest absolute Gasteiger partial charge is 0.220 e. The van der Waals surface area contributed by atoms with Crippen LogP contribution in [0.3, 0.4) is 0 Å². The molecule has 0 radical (unpaired) electrons. The minimum atomic E-state index is -0.355. The van der Waals surface area contributed by atoms with Crippen molar-refractivity contribution in [3.63, 3.8) is 0 Å². The standard InChI is InChI=1S/C16H23N3O/c1-16(2,17)11-19-15(20)9-5-6-12-10-18-14-8-4-3-7-13(12)14/h3-4,7-8,10,18H,5-6,9,11,17H2,1-2H3,(H,19,20). The Labute approximate surface area is 119 Å². The largest absolute Gasteiger partial charge is 0.361 e. The highest BCUT2D eigenvalue weighted by Gasteiger charge is 2.12. The lowest BCUT2D eigenvalue weighted by Crippen LogP contribution is -2.45. The summed E-state index contributed by atoms with van der Waals surface area (Å²) in [6.45, 7) is 4.32. The average Bonchev–Trinajstić information content (AvgIpc) is 2.79. The van der Waals surface area contributed by atoms with Gasteiger partial charge in [0.15, 0.2) is 0 Å². The highest BCUT2D eigenvalue weighted by Crippen LogP contribution is 2.19. The summed E-state index contributed by atoms with van der Waals surface area (Å²) in [5.74, 6) is 0.0726. The number of carbonyl (C=O) groups is 1. The summed E-state index contributed by atoms with van der Waals surface area (Å²) in [6, 6.07) is 8.23. The van der Waals surface area contributed by atoms with Crippen LogP contribution < -0.4 is 11.1 Å². The van der Waals surface area contributed by atoms with Crippen LogP contribution in [0.15, 0.2) is 30.5 Å². The predicted octanol–water partition coefficient (Wildman–Crippen LogP) is 2.34. The fourth-order valence-electron chi connectivity index (χ4n) is 2.19. The van der Waals surface area contributed by atoms with E-state index in [2.05, 4.69) is 22.4 Å². The second-order valence-electron chi connectivity index (χ2n) is 5.98. The fourth-order valence-corrected chi connectivity index (χ4v) is 2.19. The first kappa shape index (κ1) is 14.6. The summed E-state index contributed by atoms with van der Waals surface area (Å²) in [4.78, 5) is 15.0. The number of hydrogen-bond donors (Lipinski definition) is 3. The van der Waals surface area contributed by atoms with Crippen LogP contribution in [0.25, 0.3) is 10.9 Å². The van der Waals surface area contributed by atoms with E-state index in [1.165, 1.54) is 10.9 Å². The number of aromatic nitrogens is 1. The molecule has 0 bridgehead atoms. The van der Waals surface area contributed by atoms with Gasteiger partial charge in [-0.2, -0.15) is 0 Å². The lowest BCUT2D eigenvalue weighted by atomic mass is 10.1. The van der Waals surface area contributed by atoms with E-state index in [1.54, 1.807) is 0 Å². The highest BCUT2D eigenvalue weighted by atomic mass is 16.1. The third kappa shape index (κ3) is 4.10. The van der Waals surface area contributed by atoms with Crippen LogP contribution in [0.4, 0.5) is 0 Å². The van der Waals surface area contributed by atoms with Gasteiger partial charge in [0.25, 0.3) is 0 Å². The van der Waals surface area contributed by atoms with Crippen LogP contribution in [0.5, 0.6) is 0 Å². The number of aryl methyl sites for hydroxylation is 1. The Kier molecular flexibility index (Phi) is 4.45. The first-order valence-electron chi connectivity index (χ1n) is 7.06. The van der Waals surface area contributed by atoms with Crippen LogP contribution in [0.1, 0.15) is 32.3 Å². The van der Waals surface area contributed by atoms with Crippen LogP contribution in [-0.4, -0.2) is 23.0 Å². The number of para-hydroxylation sites is 1. The van der Waals surface area contributed by atoms with Gasteiger partial charge < -0.3 is 16.0 Å². The molecule has 0 spiro atoms. The molecule has 0 fully saturated rings. The van der Waals surface area contributed by atoms with Gasteiger partial charge in [0, 0.05) is 35.6 Å². The molecule has 4 nitrogen and oxygen atoms in total. The van der Waals surface area contributed by atoms with Crippen molar-refractivity contribution in [3.05, 3.63) is 36.0 Å². The molecular weight excluding hydrogens is 250 g/mol. The topological polar surface area (TPSA) is 70.9 Å². The minimum Gasteiger partial charge on any atom is -0.361 e. The van der Waals surface area contributed by atoms with Gasteiger partial charge in [0.1, 0.15) is 0 Å². The van der Waals surface area contributed by atoms with Crippen molar-refractivity contribution in [1.29, 1.82) is 0 Å². The number of H-pyrrole nitrogens is 1. The molecule has 0 aliphatic carbocycles. The normalized spacial score (nSPS) is 11.8. The van der Waals surface area contributed by atoms with E-state index in [9.17, 15) is 4.79 Å². The minimum absolute atomic E-state index is 0.0726. The van der Waals surface area contributed by atoms with E-state index >= 15 is 0 Å². The van der Waals surface area contributed by atoms with Gasteiger partial charge >= 0.3 is 0 Å². The lowest BCUT2D eigenvalue weighted by molar-refractivity contribution is -0.121. The molecule has 0 saturated carbocycles. The number of aromatic amines is 1. The first-order chi connectivity index (χ1) is 9.46. The van der Waals surface area contributed by atoms with Crippen LogP contribution >= 0.6 is 0 Å². The van der Waals surface area contributed by atoms with Crippen molar-refractivity contribution in [2.75, 3.05) is 6.54 Å². The summed E-state index contributed by atoms with van der Waals surface area (Å²) < 4.78 is 0. The quantitative estimate of drug-likeness (QED) is 0.756. The molecule has 1 amide bonds. The number of hydrogen-bond acceptors (Lipinski definition) is 2.